The molecule has 0 aliphatic carbocycles. The number of hydrogen-bond acceptors (Lipinski definition) is 4. The van der Waals surface area contributed by atoms with Crippen LogP contribution in [0.3, 0.4) is 0 Å². The lowest BCUT2D eigenvalue weighted by molar-refractivity contribution is 0.112. The molecule has 2 atom stereocenters. The number of ether oxygens (including phenoxy) is 2. The summed E-state index contributed by atoms with van der Waals surface area (Å²) in [5.41, 5.74) is 3.70. The van der Waals surface area contributed by atoms with Crippen LogP contribution in [0.1, 0.15) is 89.4 Å². The number of nitrogens with zero attached hydrogens (tertiary/aromatic N) is 1. The van der Waals surface area contributed by atoms with E-state index in [1.54, 1.807) is 0 Å². The fourth-order valence-corrected chi connectivity index (χ4v) is 4.76. The fourth-order valence-electron chi connectivity index (χ4n) is 4.76. The maximum atomic E-state index is 11.2. The summed E-state index contributed by atoms with van der Waals surface area (Å²) >= 11 is 0. The molecular weight excluding hydrogens is 482 g/mol. The summed E-state index contributed by atoms with van der Waals surface area (Å²) in [6.45, 7) is 10.5. The Bertz CT molecular complexity index is 1010. The molecule has 0 heterocycles. The first kappa shape index (κ1) is 30.3. The Morgan fingerprint density at radius 1 is 0.615 bits per heavy atom. The van der Waals surface area contributed by atoms with Gasteiger partial charge in [-0.05, 0) is 97.5 Å². The predicted octanol–water partition coefficient (Wildman–Crippen LogP) is 10.2. The Balaban J connectivity index is 1.77. The van der Waals surface area contributed by atoms with Crippen LogP contribution in [0.5, 0.6) is 11.5 Å². The van der Waals surface area contributed by atoms with Gasteiger partial charge in [-0.3, -0.25) is 4.79 Å². The van der Waals surface area contributed by atoms with Gasteiger partial charge in [-0.2, -0.15) is 0 Å². The van der Waals surface area contributed by atoms with E-state index in [9.17, 15) is 4.79 Å². The summed E-state index contributed by atoms with van der Waals surface area (Å²) in [6, 6.07) is 24.3. The summed E-state index contributed by atoms with van der Waals surface area (Å²) < 4.78 is 12.3. The molecular formula is C35H47NO3. The largest absolute Gasteiger partial charge is 0.493 e. The minimum absolute atomic E-state index is 0.595. The third-order valence-corrected chi connectivity index (χ3v) is 7.54. The highest BCUT2D eigenvalue weighted by Crippen LogP contribution is 2.36. The van der Waals surface area contributed by atoms with E-state index >= 15 is 0 Å². The summed E-state index contributed by atoms with van der Waals surface area (Å²) in [5, 5.41) is 0. The number of unbranched alkanes of at least 4 members (excludes halogenated alkanes) is 2. The van der Waals surface area contributed by atoms with Crippen molar-refractivity contribution in [2.45, 2.75) is 79.1 Å². The van der Waals surface area contributed by atoms with Gasteiger partial charge in [-0.1, -0.05) is 66.2 Å². The second-order valence-electron chi connectivity index (χ2n) is 10.5. The lowest BCUT2D eigenvalue weighted by atomic mass is 10.0. The third-order valence-electron chi connectivity index (χ3n) is 7.54. The molecule has 0 N–H and O–H groups in total. The second kappa shape index (κ2) is 16.6. The van der Waals surface area contributed by atoms with Crippen LogP contribution in [0, 0.1) is 11.8 Å². The highest BCUT2D eigenvalue weighted by atomic mass is 16.5. The summed E-state index contributed by atoms with van der Waals surface area (Å²) in [4.78, 5) is 13.4. The molecule has 3 rings (SSSR count). The molecule has 210 valence electrons. The molecule has 0 saturated carbocycles. The molecule has 0 radical (unpaired) electrons. The Hall–Kier alpha value is -3.27. The van der Waals surface area contributed by atoms with Crippen LogP contribution in [-0.4, -0.2) is 19.5 Å². The topological polar surface area (TPSA) is 38.8 Å². The highest BCUT2D eigenvalue weighted by Gasteiger charge is 2.14. The van der Waals surface area contributed by atoms with Gasteiger partial charge in [0.25, 0.3) is 0 Å². The molecule has 4 nitrogen and oxygen atoms in total. The van der Waals surface area contributed by atoms with E-state index in [4.69, 9.17) is 9.47 Å². The van der Waals surface area contributed by atoms with Crippen LogP contribution in [0.25, 0.3) is 0 Å². The van der Waals surface area contributed by atoms with Gasteiger partial charge in [0.05, 0.1) is 13.2 Å². The maximum Gasteiger partial charge on any atom is 0.150 e. The molecule has 3 aromatic rings. The van der Waals surface area contributed by atoms with E-state index < -0.39 is 0 Å². The van der Waals surface area contributed by atoms with Crippen molar-refractivity contribution >= 4 is 23.3 Å². The predicted molar refractivity (Wildman–Crippen MR) is 164 cm³/mol. The Morgan fingerprint density at radius 2 is 1.00 bits per heavy atom. The minimum Gasteiger partial charge on any atom is -0.493 e. The average molecular weight is 530 g/mol. The number of aldehydes is 1. The van der Waals surface area contributed by atoms with Crippen LogP contribution in [0.4, 0.5) is 17.1 Å². The van der Waals surface area contributed by atoms with Gasteiger partial charge in [0.1, 0.15) is 17.8 Å². The monoisotopic (exact) mass is 529 g/mol. The molecule has 0 saturated heterocycles. The van der Waals surface area contributed by atoms with Crippen molar-refractivity contribution in [2.24, 2.45) is 11.8 Å². The van der Waals surface area contributed by atoms with Gasteiger partial charge < -0.3 is 14.4 Å². The first-order chi connectivity index (χ1) is 19.1. The molecule has 0 fully saturated rings. The fraction of sp³-hybridized carbons (Fsp3) is 0.457. The van der Waals surface area contributed by atoms with E-state index in [0.717, 1.165) is 60.9 Å². The van der Waals surface area contributed by atoms with Crippen molar-refractivity contribution in [1.29, 1.82) is 0 Å². The van der Waals surface area contributed by atoms with Crippen LogP contribution in [0.2, 0.25) is 0 Å². The van der Waals surface area contributed by atoms with Gasteiger partial charge in [-0.25, -0.2) is 0 Å². The Morgan fingerprint density at radius 3 is 1.33 bits per heavy atom. The summed E-state index contributed by atoms with van der Waals surface area (Å²) in [5.74, 6) is 2.97. The third kappa shape index (κ3) is 9.45. The van der Waals surface area contributed by atoms with Crippen molar-refractivity contribution in [1.82, 2.24) is 0 Å². The second-order valence-corrected chi connectivity index (χ2v) is 10.5. The number of carbonyl (C=O) groups is 1. The molecule has 0 aromatic heterocycles. The minimum atomic E-state index is 0.595. The van der Waals surface area contributed by atoms with Gasteiger partial charge in [0.2, 0.25) is 0 Å². The van der Waals surface area contributed by atoms with Crippen molar-refractivity contribution in [3.63, 3.8) is 0 Å². The first-order valence-corrected chi connectivity index (χ1v) is 14.9. The molecule has 0 amide bonds. The zero-order valence-corrected chi connectivity index (χ0v) is 24.4. The van der Waals surface area contributed by atoms with Gasteiger partial charge in [0.15, 0.2) is 0 Å². The Labute approximate surface area is 236 Å². The van der Waals surface area contributed by atoms with E-state index in [1.807, 2.05) is 48.5 Å². The van der Waals surface area contributed by atoms with E-state index in [-0.39, 0.29) is 0 Å². The standard InChI is InChI=1S/C35H47NO3/c1-5-9-11-28(7-3)26-38-34-21-17-32(18-22-34)36(31-15-13-30(25-37)14-16-31)33-19-23-35(24-20-33)39-27-29(8-4)12-10-6-2/h13-25,28-29H,5-12,26-27H2,1-4H3. The van der Waals surface area contributed by atoms with Crippen LogP contribution in [0.15, 0.2) is 72.8 Å². The number of anilines is 3. The number of hydrogen-bond donors (Lipinski definition) is 0. The van der Waals surface area contributed by atoms with Crippen molar-refractivity contribution in [3.05, 3.63) is 78.4 Å². The maximum absolute atomic E-state index is 11.2. The Kier molecular flexibility index (Phi) is 12.9. The zero-order chi connectivity index (χ0) is 27.9. The highest BCUT2D eigenvalue weighted by molar-refractivity contribution is 5.80. The first-order valence-electron chi connectivity index (χ1n) is 14.9. The van der Waals surface area contributed by atoms with Gasteiger partial charge in [0, 0.05) is 22.6 Å². The van der Waals surface area contributed by atoms with Crippen molar-refractivity contribution < 1.29 is 14.3 Å². The average Bonchev–Trinajstić information content (AvgIpc) is 2.99. The van der Waals surface area contributed by atoms with E-state index in [2.05, 4.69) is 56.9 Å². The van der Waals surface area contributed by atoms with Crippen LogP contribution in [-0.2, 0) is 0 Å². The molecule has 2 unspecified atom stereocenters. The SMILES string of the molecule is CCCCC(CC)COc1ccc(N(c2ccc(C=O)cc2)c2ccc(OCC(CC)CCCC)cc2)cc1. The van der Waals surface area contributed by atoms with Crippen molar-refractivity contribution in [3.8, 4) is 11.5 Å². The lowest BCUT2D eigenvalue weighted by Gasteiger charge is -2.26. The van der Waals surface area contributed by atoms with Gasteiger partial charge >= 0.3 is 0 Å². The molecule has 0 aliphatic heterocycles. The van der Waals surface area contributed by atoms with Crippen molar-refractivity contribution in [2.75, 3.05) is 18.1 Å². The van der Waals surface area contributed by atoms with E-state index in [0.29, 0.717) is 17.4 Å². The molecule has 0 spiro atoms. The molecule has 0 aliphatic rings. The number of benzene rings is 3. The molecule has 4 heteroatoms. The molecule has 3 aromatic carbocycles. The lowest BCUT2D eigenvalue weighted by Crippen LogP contribution is -2.12. The van der Waals surface area contributed by atoms with Crippen LogP contribution >= 0.6 is 0 Å². The molecule has 0 bridgehead atoms. The number of carbonyl (C=O) groups excluding carboxylic acids is 1. The summed E-state index contributed by atoms with van der Waals surface area (Å²) in [7, 11) is 0. The summed E-state index contributed by atoms with van der Waals surface area (Å²) in [6.07, 6.45) is 10.5. The van der Waals surface area contributed by atoms with Gasteiger partial charge in [-0.15, -0.1) is 0 Å². The van der Waals surface area contributed by atoms with Crippen LogP contribution < -0.4 is 14.4 Å². The number of rotatable bonds is 18. The zero-order valence-electron chi connectivity index (χ0n) is 24.4. The van der Waals surface area contributed by atoms with E-state index in [1.165, 1.54) is 38.5 Å². The smallest absolute Gasteiger partial charge is 0.150 e. The molecule has 39 heavy (non-hydrogen) atoms. The quantitative estimate of drug-likeness (QED) is 0.154. The normalized spacial score (nSPS) is 12.5.